The van der Waals surface area contributed by atoms with Gasteiger partial charge in [0.15, 0.2) is 0 Å². The van der Waals surface area contributed by atoms with Crippen LogP contribution in [0.2, 0.25) is 0 Å². The average molecular weight is 374 g/mol. The van der Waals surface area contributed by atoms with Crippen molar-refractivity contribution in [3.8, 4) is 0 Å². The summed E-state index contributed by atoms with van der Waals surface area (Å²) in [6, 6.07) is 10.7. The van der Waals surface area contributed by atoms with Crippen LogP contribution in [0.4, 0.5) is 0 Å². The highest BCUT2D eigenvalue weighted by Gasteiger charge is 2.18. The van der Waals surface area contributed by atoms with Gasteiger partial charge in [-0.2, -0.15) is 0 Å². The van der Waals surface area contributed by atoms with Gasteiger partial charge in [0.2, 0.25) is 0 Å². The number of nitrogens with zero attached hydrogens (tertiary/aromatic N) is 2. The minimum atomic E-state index is 0.139. The van der Waals surface area contributed by atoms with Crippen molar-refractivity contribution in [1.82, 2.24) is 9.80 Å². The third-order valence-electron chi connectivity index (χ3n) is 5.98. The number of benzene rings is 1. The molecular formula is C24H43N3. The molecule has 0 aromatic heterocycles. The highest BCUT2D eigenvalue weighted by molar-refractivity contribution is 5.18. The highest BCUT2D eigenvalue weighted by Crippen LogP contribution is 2.14. The molecule has 0 aliphatic carbocycles. The lowest BCUT2D eigenvalue weighted by molar-refractivity contribution is 0.125. The van der Waals surface area contributed by atoms with Gasteiger partial charge >= 0.3 is 0 Å². The average Bonchev–Trinajstić information content (AvgIpc) is 2.71. The Morgan fingerprint density at radius 2 is 1.26 bits per heavy atom. The van der Waals surface area contributed by atoms with Crippen LogP contribution in [0.3, 0.4) is 0 Å². The van der Waals surface area contributed by atoms with Crippen molar-refractivity contribution >= 4 is 0 Å². The monoisotopic (exact) mass is 373 g/mol. The van der Waals surface area contributed by atoms with Gasteiger partial charge < -0.3 is 10.6 Å². The molecule has 27 heavy (non-hydrogen) atoms. The molecule has 2 rings (SSSR count). The topological polar surface area (TPSA) is 32.5 Å². The van der Waals surface area contributed by atoms with Gasteiger partial charge in [-0.1, -0.05) is 95.0 Å². The molecule has 154 valence electrons. The molecule has 1 aromatic rings. The summed E-state index contributed by atoms with van der Waals surface area (Å²) in [5.74, 6) is 0. The zero-order valence-corrected chi connectivity index (χ0v) is 17.7. The number of piperazine rings is 1. The fourth-order valence-electron chi connectivity index (χ4n) is 4.10. The van der Waals surface area contributed by atoms with Gasteiger partial charge in [0.25, 0.3) is 0 Å². The predicted octanol–water partition coefficient (Wildman–Crippen LogP) is 5.22. The van der Waals surface area contributed by atoms with E-state index in [4.69, 9.17) is 5.73 Å². The molecule has 1 aliphatic rings. The molecule has 1 aliphatic heterocycles. The number of hydrogen-bond donors (Lipinski definition) is 1. The fraction of sp³-hybridized carbons (Fsp3) is 0.750. The Hall–Kier alpha value is -0.900. The lowest BCUT2D eigenvalue weighted by Gasteiger charge is -2.36. The Labute approximate surface area is 168 Å². The summed E-state index contributed by atoms with van der Waals surface area (Å²) in [7, 11) is 0. The van der Waals surface area contributed by atoms with E-state index < -0.39 is 0 Å². The first-order valence-electron chi connectivity index (χ1n) is 11.5. The first-order chi connectivity index (χ1) is 13.3. The molecule has 0 saturated carbocycles. The number of rotatable bonds is 14. The van der Waals surface area contributed by atoms with Gasteiger partial charge in [-0.05, 0) is 18.5 Å². The van der Waals surface area contributed by atoms with E-state index in [0.29, 0.717) is 0 Å². The van der Waals surface area contributed by atoms with Crippen LogP contribution in [0.5, 0.6) is 0 Å². The van der Waals surface area contributed by atoms with E-state index in [1.165, 1.54) is 89.4 Å². The largest absolute Gasteiger partial charge is 0.323 e. The normalized spacial score (nSPS) is 17.3. The van der Waals surface area contributed by atoms with Crippen LogP contribution in [0.1, 0.15) is 82.7 Å². The maximum atomic E-state index is 6.38. The Kier molecular flexibility index (Phi) is 11.7. The van der Waals surface area contributed by atoms with E-state index in [9.17, 15) is 0 Å². The van der Waals surface area contributed by atoms with E-state index >= 15 is 0 Å². The third kappa shape index (κ3) is 9.73. The van der Waals surface area contributed by atoms with E-state index in [0.717, 1.165) is 19.6 Å². The fourth-order valence-corrected chi connectivity index (χ4v) is 4.10. The Morgan fingerprint density at radius 1 is 0.741 bits per heavy atom. The molecule has 1 fully saturated rings. The highest BCUT2D eigenvalue weighted by atomic mass is 15.3. The van der Waals surface area contributed by atoms with Crippen LogP contribution in [-0.4, -0.2) is 49.1 Å². The predicted molar refractivity (Wildman–Crippen MR) is 118 cm³/mol. The maximum Gasteiger partial charge on any atom is 0.0424 e. The summed E-state index contributed by atoms with van der Waals surface area (Å²) >= 11 is 0. The quantitative estimate of drug-likeness (QED) is 0.454. The standard InChI is InChI=1S/C24H43N3/c1-2-3-4-5-6-7-8-9-10-14-17-26-18-20-27(21-19-26)22-24(25)23-15-12-11-13-16-23/h11-13,15-16,24H,2-10,14,17-22,25H2,1H3. The van der Waals surface area contributed by atoms with Crippen molar-refractivity contribution in [2.75, 3.05) is 39.3 Å². The van der Waals surface area contributed by atoms with Crippen LogP contribution in [-0.2, 0) is 0 Å². The van der Waals surface area contributed by atoms with Gasteiger partial charge in [0.1, 0.15) is 0 Å². The van der Waals surface area contributed by atoms with E-state index in [1.54, 1.807) is 0 Å². The van der Waals surface area contributed by atoms with Crippen molar-refractivity contribution < 1.29 is 0 Å². The van der Waals surface area contributed by atoms with Crippen molar-refractivity contribution in [1.29, 1.82) is 0 Å². The molecule has 3 heteroatoms. The van der Waals surface area contributed by atoms with Gasteiger partial charge in [0, 0.05) is 38.8 Å². The zero-order chi connectivity index (χ0) is 19.2. The second-order valence-electron chi connectivity index (χ2n) is 8.34. The maximum absolute atomic E-state index is 6.38. The van der Waals surface area contributed by atoms with Crippen molar-refractivity contribution in [3.05, 3.63) is 35.9 Å². The molecule has 0 bridgehead atoms. The minimum absolute atomic E-state index is 0.139. The van der Waals surface area contributed by atoms with E-state index in [-0.39, 0.29) is 6.04 Å². The van der Waals surface area contributed by atoms with Crippen molar-refractivity contribution in [2.24, 2.45) is 5.73 Å². The molecule has 1 aromatic carbocycles. The summed E-state index contributed by atoms with van der Waals surface area (Å²) in [6.07, 6.45) is 14.2. The van der Waals surface area contributed by atoms with Gasteiger partial charge in [-0.25, -0.2) is 0 Å². The van der Waals surface area contributed by atoms with Crippen LogP contribution < -0.4 is 5.73 Å². The van der Waals surface area contributed by atoms with Gasteiger partial charge in [0.05, 0.1) is 0 Å². The van der Waals surface area contributed by atoms with Gasteiger partial charge in [-0.3, -0.25) is 4.90 Å². The molecule has 1 unspecified atom stereocenters. The number of unbranched alkanes of at least 4 members (excludes halogenated alkanes) is 9. The lowest BCUT2D eigenvalue weighted by atomic mass is 10.1. The summed E-state index contributed by atoms with van der Waals surface area (Å²) in [6.45, 7) is 9.30. The second-order valence-corrected chi connectivity index (χ2v) is 8.34. The summed E-state index contributed by atoms with van der Waals surface area (Å²) in [5, 5.41) is 0. The molecule has 1 heterocycles. The van der Waals surface area contributed by atoms with Gasteiger partial charge in [-0.15, -0.1) is 0 Å². The summed E-state index contributed by atoms with van der Waals surface area (Å²) in [4.78, 5) is 5.18. The lowest BCUT2D eigenvalue weighted by Crippen LogP contribution is -2.48. The van der Waals surface area contributed by atoms with E-state index in [1.807, 2.05) is 0 Å². The van der Waals surface area contributed by atoms with Crippen molar-refractivity contribution in [3.63, 3.8) is 0 Å². The van der Waals surface area contributed by atoms with Crippen LogP contribution in [0.25, 0.3) is 0 Å². The van der Waals surface area contributed by atoms with Crippen LogP contribution >= 0.6 is 0 Å². The first kappa shape index (κ1) is 22.4. The van der Waals surface area contributed by atoms with E-state index in [2.05, 4.69) is 47.1 Å². The number of nitrogens with two attached hydrogens (primary N) is 1. The van der Waals surface area contributed by atoms with Crippen LogP contribution in [0.15, 0.2) is 30.3 Å². The molecule has 0 spiro atoms. The minimum Gasteiger partial charge on any atom is -0.323 e. The van der Waals surface area contributed by atoms with Crippen molar-refractivity contribution in [2.45, 2.75) is 77.2 Å². The SMILES string of the molecule is CCCCCCCCCCCCN1CCN(CC(N)c2ccccc2)CC1. The Balaban J connectivity index is 1.44. The Morgan fingerprint density at radius 3 is 1.85 bits per heavy atom. The number of hydrogen-bond acceptors (Lipinski definition) is 3. The molecule has 0 radical (unpaired) electrons. The molecule has 1 atom stereocenters. The molecule has 1 saturated heterocycles. The molecule has 2 N–H and O–H groups in total. The van der Waals surface area contributed by atoms with Crippen LogP contribution in [0, 0.1) is 0 Å². The third-order valence-corrected chi connectivity index (χ3v) is 5.98. The second kappa shape index (κ2) is 14.1. The molecule has 3 nitrogen and oxygen atoms in total. The molecular weight excluding hydrogens is 330 g/mol. The zero-order valence-electron chi connectivity index (χ0n) is 17.7. The smallest absolute Gasteiger partial charge is 0.0424 e. The first-order valence-corrected chi connectivity index (χ1v) is 11.5. The summed E-state index contributed by atoms with van der Waals surface area (Å²) < 4.78 is 0. The Bertz CT molecular complexity index is 454. The summed E-state index contributed by atoms with van der Waals surface area (Å²) in [5.41, 5.74) is 7.63. The molecule has 0 amide bonds.